The zero-order valence-electron chi connectivity index (χ0n) is 12.8. The average Bonchev–Trinajstić information content (AvgIpc) is 2.59. The predicted octanol–water partition coefficient (Wildman–Crippen LogP) is 2.43. The summed E-state index contributed by atoms with van der Waals surface area (Å²) in [5.74, 6) is -1.24. The Balaban J connectivity index is 1.94. The first-order valence-electron chi connectivity index (χ1n) is 6.99. The standard InChI is InChI=1S/C16H15N3O5/c1-17-14-8-3-2-7-13(14)16(21)24-10-15(20)18-11-5-4-6-12(9-11)19(22)23/h2-9,17H,10H2,1H3,(H,18,20). The first kappa shape index (κ1) is 16.9. The van der Waals surface area contributed by atoms with E-state index >= 15 is 0 Å². The van der Waals surface area contributed by atoms with Gasteiger partial charge in [-0.3, -0.25) is 14.9 Å². The fourth-order valence-corrected chi connectivity index (χ4v) is 1.98. The molecule has 24 heavy (non-hydrogen) atoms. The van der Waals surface area contributed by atoms with Crippen molar-refractivity contribution in [3.63, 3.8) is 0 Å². The summed E-state index contributed by atoms with van der Waals surface area (Å²) in [7, 11) is 1.67. The monoisotopic (exact) mass is 329 g/mol. The van der Waals surface area contributed by atoms with E-state index < -0.39 is 23.4 Å². The number of esters is 1. The molecule has 8 heteroatoms. The summed E-state index contributed by atoms with van der Waals surface area (Å²) in [5, 5.41) is 16.0. The lowest BCUT2D eigenvalue weighted by atomic mass is 10.2. The lowest BCUT2D eigenvalue weighted by Crippen LogP contribution is -2.21. The van der Waals surface area contributed by atoms with Crippen molar-refractivity contribution in [2.24, 2.45) is 0 Å². The van der Waals surface area contributed by atoms with Crippen LogP contribution in [0, 0.1) is 10.1 Å². The number of nitrogens with one attached hydrogen (secondary N) is 2. The van der Waals surface area contributed by atoms with Crippen molar-refractivity contribution >= 4 is 28.9 Å². The van der Waals surface area contributed by atoms with Gasteiger partial charge in [0.1, 0.15) is 0 Å². The van der Waals surface area contributed by atoms with E-state index in [0.717, 1.165) is 0 Å². The molecule has 0 bridgehead atoms. The van der Waals surface area contributed by atoms with E-state index in [-0.39, 0.29) is 11.4 Å². The third-order valence-corrected chi connectivity index (χ3v) is 3.09. The van der Waals surface area contributed by atoms with Crippen LogP contribution in [0.4, 0.5) is 17.1 Å². The minimum absolute atomic E-state index is 0.146. The van der Waals surface area contributed by atoms with E-state index in [1.807, 2.05) is 0 Å². The smallest absolute Gasteiger partial charge is 0.340 e. The molecule has 0 atom stereocenters. The lowest BCUT2D eigenvalue weighted by Gasteiger charge is -2.09. The van der Waals surface area contributed by atoms with Crippen LogP contribution in [0.3, 0.4) is 0 Å². The number of rotatable bonds is 6. The second-order valence-electron chi connectivity index (χ2n) is 4.73. The van der Waals surface area contributed by atoms with Crippen LogP contribution in [0.1, 0.15) is 10.4 Å². The Labute approximate surface area is 137 Å². The Kier molecular flexibility index (Phi) is 5.45. The number of nitro groups is 1. The molecule has 1 amide bonds. The minimum atomic E-state index is -0.644. The molecule has 2 rings (SSSR count). The summed E-state index contributed by atoms with van der Waals surface area (Å²) >= 11 is 0. The molecule has 0 heterocycles. The second-order valence-corrected chi connectivity index (χ2v) is 4.73. The summed E-state index contributed by atoms with van der Waals surface area (Å²) in [6, 6.07) is 12.2. The normalized spacial score (nSPS) is 9.88. The van der Waals surface area contributed by atoms with Crippen LogP contribution in [-0.2, 0) is 9.53 Å². The highest BCUT2D eigenvalue weighted by atomic mass is 16.6. The van der Waals surface area contributed by atoms with Gasteiger partial charge in [0.2, 0.25) is 0 Å². The number of hydrogen-bond acceptors (Lipinski definition) is 6. The molecular weight excluding hydrogens is 314 g/mol. The summed E-state index contributed by atoms with van der Waals surface area (Å²) in [6.07, 6.45) is 0. The highest BCUT2D eigenvalue weighted by Crippen LogP contribution is 2.17. The average molecular weight is 329 g/mol. The van der Waals surface area contributed by atoms with E-state index in [0.29, 0.717) is 11.3 Å². The zero-order valence-corrected chi connectivity index (χ0v) is 12.8. The van der Waals surface area contributed by atoms with Gasteiger partial charge in [0.15, 0.2) is 6.61 Å². The van der Waals surface area contributed by atoms with E-state index in [9.17, 15) is 19.7 Å². The number of benzene rings is 2. The van der Waals surface area contributed by atoms with Crippen molar-refractivity contribution in [2.45, 2.75) is 0 Å². The van der Waals surface area contributed by atoms with Crippen LogP contribution in [0.2, 0.25) is 0 Å². The number of nitro benzene ring substituents is 1. The molecule has 0 saturated heterocycles. The molecule has 2 N–H and O–H groups in total. The maximum Gasteiger partial charge on any atom is 0.340 e. The molecule has 0 unspecified atom stereocenters. The van der Waals surface area contributed by atoms with Crippen LogP contribution in [0.25, 0.3) is 0 Å². The van der Waals surface area contributed by atoms with Gasteiger partial charge in [0.25, 0.3) is 11.6 Å². The van der Waals surface area contributed by atoms with Gasteiger partial charge in [-0.05, 0) is 18.2 Å². The second kappa shape index (κ2) is 7.73. The van der Waals surface area contributed by atoms with Crippen molar-refractivity contribution < 1.29 is 19.2 Å². The summed E-state index contributed by atoms with van der Waals surface area (Å²) < 4.78 is 4.96. The van der Waals surface area contributed by atoms with Crippen molar-refractivity contribution in [3.8, 4) is 0 Å². The number of carbonyl (C=O) groups excluding carboxylic acids is 2. The number of carbonyl (C=O) groups is 2. The van der Waals surface area contributed by atoms with Crippen LogP contribution in [-0.4, -0.2) is 30.5 Å². The molecule has 2 aromatic carbocycles. The molecular formula is C16H15N3O5. The third-order valence-electron chi connectivity index (χ3n) is 3.09. The van der Waals surface area contributed by atoms with Crippen molar-refractivity contribution in [2.75, 3.05) is 24.3 Å². The Morgan fingerprint density at radius 3 is 2.62 bits per heavy atom. The molecule has 124 valence electrons. The maximum absolute atomic E-state index is 12.0. The first-order valence-corrected chi connectivity index (χ1v) is 6.99. The van der Waals surface area contributed by atoms with Crippen molar-refractivity contribution in [3.05, 3.63) is 64.2 Å². The summed E-state index contributed by atoms with van der Waals surface area (Å²) in [5.41, 5.74) is 0.998. The summed E-state index contributed by atoms with van der Waals surface area (Å²) in [4.78, 5) is 33.9. The quantitative estimate of drug-likeness (QED) is 0.478. The first-order chi connectivity index (χ1) is 11.5. The van der Waals surface area contributed by atoms with Gasteiger partial charge in [0.05, 0.1) is 10.5 Å². The predicted molar refractivity (Wildman–Crippen MR) is 88.0 cm³/mol. The minimum Gasteiger partial charge on any atom is -0.452 e. The van der Waals surface area contributed by atoms with E-state index in [1.54, 1.807) is 31.3 Å². The molecule has 8 nitrogen and oxygen atoms in total. The van der Waals surface area contributed by atoms with Gasteiger partial charge in [-0.1, -0.05) is 18.2 Å². The fourth-order valence-electron chi connectivity index (χ4n) is 1.98. The van der Waals surface area contributed by atoms with Gasteiger partial charge in [-0.25, -0.2) is 4.79 Å². The molecule has 0 fully saturated rings. The lowest BCUT2D eigenvalue weighted by molar-refractivity contribution is -0.384. The number of ether oxygens (including phenoxy) is 1. The number of amides is 1. The molecule has 2 aromatic rings. The van der Waals surface area contributed by atoms with Crippen LogP contribution in [0.5, 0.6) is 0 Å². The van der Waals surface area contributed by atoms with E-state index in [4.69, 9.17) is 4.74 Å². The number of para-hydroxylation sites is 1. The molecule has 0 aliphatic carbocycles. The van der Waals surface area contributed by atoms with E-state index in [2.05, 4.69) is 10.6 Å². The Morgan fingerprint density at radius 1 is 1.17 bits per heavy atom. The largest absolute Gasteiger partial charge is 0.452 e. The number of anilines is 2. The molecule has 0 radical (unpaired) electrons. The van der Waals surface area contributed by atoms with E-state index in [1.165, 1.54) is 24.3 Å². The van der Waals surface area contributed by atoms with Gasteiger partial charge >= 0.3 is 5.97 Å². The fraction of sp³-hybridized carbons (Fsp3) is 0.125. The van der Waals surface area contributed by atoms with Crippen LogP contribution < -0.4 is 10.6 Å². The number of hydrogen-bond donors (Lipinski definition) is 2. The topological polar surface area (TPSA) is 111 Å². The van der Waals surface area contributed by atoms with Crippen molar-refractivity contribution in [1.29, 1.82) is 0 Å². The molecule has 0 aliphatic rings. The molecule has 0 saturated carbocycles. The Hall–Kier alpha value is -3.42. The van der Waals surface area contributed by atoms with Crippen LogP contribution >= 0.6 is 0 Å². The highest BCUT2D eigenvalue weighted by molar-refractivity contribution is 5.98. The zero-order chi connectivity index (χ0) is 17.5. The maximum atomic E-state index is 12.0. The Bertz CT molecular complexity index is 776. The number of non-ortho nitro benzene ring substituents is 1. The van der Waals surface area contributed by atoms with Gasteiger partial charge in [-0.15, -0.1) is 0 Å². The Morgan fingerprint density at radius 2 is 1.92 bits per heavy atom. The van der Waals surface area contributed by atoms with Crippen LogP contribution in [0.15, 0.2) is 48.5 Å². The summed E-state index contributed by atoms with van der Waals surface area (Å²) in [6.45, 7) is -0.500. The number of nitrogens with zero attached hydrogens (tertiary/aromatic N) is 1. The van der Waals surface area contributed by atoms with Gasteiger partial charge < -0.3 is 15.4 Å². The molecule has 0 aromatic heterocycles. The van der Waals surface area contributed by atoms with Gasteiger partial charge in [0, 0.05) is 30.6 Å². The van der Waals surface area contributed by atoms with Crippen molar-refractivity contribution in [1.82, 2.24) is 0 Å². The molecule has 0 aliphatic heterocycles. The van der Waals surface area contributed by atoms with Gasteiger partial charge in [-0.2, -0.15) is 0 Å². The molecule has 0 spiro atoms. The third kappa shape index (κ3) is 4.29. The highest BCUT2D eigenvalue weighted by Gasteiger charge is 2.14. The SMILES string of the molecule is CNc1ccccc1C(=O)OCC(=O)Nc1cccc([N+](=O)[O-])c1.